The fraction of sp³-hybridized carbons (Fsp3) is 0.263. The van der Waals surface area contributed by atoms with E-state index in [2.05, 4.69) is 11.9 Å². The van der Waals surface area contributed by atoms with Crippen molar-refractivity contribution in [2.75, 3.05) is 6.61 Å². The van der Waals surface area contributed by atoms with Gasteiger partial charge in [0.25, 0.3) is 0 Å². The van der Waals surface area contributed by atoms with Gasteiger partial charge < -0.3 is 4.74 Å². The summed E-state index contributed by atoms with van der Waals surface area (Å²) in [7, 11) is 0. The first-order valence-electron chi connectivity index (χ1n) is 7.67. The molecule has 0 aromatic heterocycles. The number of aliphatic imine (C=N–C) groups is 1. The molecular weight excluding hydrogens is 310 g/mol. The van der Waals surface area contributed by atoms with Gasteiger partial charge in [-0.2, -0.15) is 0 Å². The molecule has 0 spiro atoms. The molecule has 2 aromatic carbocycles. The van der Waals surface area contributed by atoms with E-state index in [-0.39, 0.29) is 5.97 Å². The van der Waals surface area contributed by atoms with Gasteiger partial charge >= 0.3 is 5.97 Å². The first-order chi connectivity index (χ1) is 11.1. The van der Waals surface area contributed by atoms with Gasteiger partial charge in [-0.25, -0.2) is 4.79 Å². The maximum atomic E-state index is 11.8. The number of ether oxygens (including phenoxy) is 1. The van der Waals surface area contributed by atoms with Gasteiger partial charge in [0.1, 0.15) is 0 Å². The van der Waals surface area contributed by atoms with Crippen molar-refractivity contribution < 1.29 is 9.53 Å². The number of halogens is 1. The minimum Gasteiger partial charge on any atom is -0.462 e. The Morgan fingerprint density at radius 3 is 2.61 bits per heavy atom. The molecule has 120 valence electrons. The number of esters is 1. The number of rotatable bonds is 6. The highest BCUT2D eigenvalue weighted by molar-refractivity contribution is 6.30. The van der Waals surface area contributed by atoms with Crippen molar-refractivity contribution in [1.82, 2.24) is 0 Å². The fourth-order valence-corrected chi connectivity index (χ4v) is 2.23. The zero-order valence-electron chi connectivity index (χ0n) is 13.4. The molecule has 0 radical (unpaired) electrons. The zero-order chi connectivity index (χ0) is 16.7. The molecule has 0 saturated carbocycles. The first-order valence-corrected chi connectivity index (χ1v) is 8.05. The Balaban J connectivity index is 2.02. The standard InChI is InChI=1S/C19H20ClNO2/c1-3-4-11-23-19(22)16-7-5-15(6-8-16)13-21-18-10-9-17(20)12-14(18)2/h5-10,12-13H,3-4,11H2,1-2H3. The van der Waals surface area contributed by atoms with Crippen molar-refractivity contribution in [3.8, 4) is 0 Å². The molecule has 2 aromatic rings. The molecule has 0 aliphatic rings. The lowest BCUT2D eigenvalue weighted by Gasteiger charge is -2.04. The Bertz CT molecular complexity index is 693. The predicted octanol–water partition coefficient (Wildman–Crippen LogP) is 5.36. The largest absolute Gasteiger partial charge is 0.462 e. The minimum absolute atomic E-state index is 0.282. The molecule has 0 bridgehead atoms. The number of unbranched alkanes of at least 4 members (excludes halogenated alkanes) is 1. The van der Waals surface area contributed by atoms with Crippen LogP contribution >= 0.6 is 11.6 Å². The topological polar surface area (TPSA) is 38.7 Å². The molecule has 0 atom stereocenters. The van der Waals surface area contributed by atoms with E-state index in [9.17, 15) is 4.79 Å². The summed E-state index contributed by atoms with van der Waals surface area (Å²) in [4.78, 5) is 16.3. The summed E-state index contributed by atoms with van der Waals surface area (Å²) in [6.45, 7) is 4.49. The van der Waals surface area contributed by atoms with E-state index in [1.807, 2.05) is 37.3 Å². The average molecular weight is 330 g/mol. The Morgan fingerprint density at radius 2 is 1.96 bits per heavy atom. The van der Waals surface area contributed by atoms with Crippen molar-refractivity contribution in [1.29, 1.82) is 0 Å². The van der Waals surface area contributed by atoms with E-state index in [1.165, 1.54) is 0 Å². The zero-order valence-corrected chi connectivity index (χ0v) is 14.1. The molecule has 0 aliphatic carbocycles. The van der Waals surface area contributed by atoms with E-state index in [4.69, 9.17) is 16.3 Å². The number of aryl methyl sites for hydroxylation is 1. The molecule has 0 saturated heterocycles. The van der Waals surface area contributed by atoms with Crippen LogP contribution in [-0.2, 0) is 4.74 Å². The molecule has 0 unspecified atom stereocenters. The van der Waals surface area contributed by atoms with Gasteiger partial charge in [0.2, 0.25) is 0 Å². The molecule has 0 heterocycles. The summed E-state index contributed by atoms with van der Waals surface area (Å²) in [6.07, 6.45) is 3.66. The smallest absolute Gasteiger partial charge is 0.338 e. The van der Waals surface area contributed by atoms with Crippen LogP contribution in [0.25, 0.3) is 0 Å². The van der Waals surface area contributed by atoms with Gasteiger partial charge in [-0.15, -0.1) is 0 Å². The predicted molar refractivity (Wildman–Crippen MR) is 95.1 cm³/mol. The van der Waals surface area contributed by atoms with Gasteiger partial charge in [-0.1, -0.05) is 37.1 Å². The van der Waals surface area contributed by atoms with Gasteiger partial charge in [-0.05, 0) is 54.8 Å². The maximum Gasteiger partial charge on any atom is 0.338 e. The highest BCUT2D eigenvalue weighted by atomic mass is 35.5. The van der Waals surface area contributed by atoms with E-state index in [0.717, 1.165) is 29.7 Å². The summed E-state index contributed by atoms with van der Waals surface area (Å²) >= 11 is 5.93. The maximum absolute atomic E-state index is 11.8. The van der Waals surface area contributed by atoms with E-state index in [1.54, 1.807) is 18.3 Å². The van der Waals surface area contributed by atoms with Crippen LogP contribution in [-0.4, -0.2) is 18.8 Å². The van der Waals surface area contributed by atoms with Crippen molar-refractivity contribution in [2.45, 2.75) is 26.7 Å². The molecule has 23 heavy (non-hydrogen) atoms. The molecule has 0 aliphatic heterocycles. The van der Waals surface area contributed by atoms with Gasteiger partial charge in [0.05, 0.1) is 17.9 Å². The van der Waals surface area contributed by atoms with Crippen LogP contribution in [0.1, 0.15) is 41.3 Å². The second-order valence-corrected chi connectivity index (χ2v) is 5.74. The van der Waals surface area contributed by atoms with Crippen LogP contribution in [0.4, 0.5) is 5.69 Å². The number of hydrogen-bond donors (Lipinski definition) is 0. The number of nitrogens with zero attached hydrogens (tertiary/aromatic N) is 1. The minimum atomic E-state index is -0.282. The second kappa shape index (κ2) is 8.49. The first kappa shape index (κ1) is 17.2. The lowest BCUT2D eigenvalue weighted by atomic mass is 10.1. The third kappa shape index (κ3) is 5.22. The van der Waals surface area contributed by atoms with Gasteiger partial charge in [0, 0.05) is 11.2 Å². The SMILES string of the molecule is CCCCOC(=O)c1ccc(C=Nc2ccc(Cl)cc2C)cc1. The number of benzene rings is 2. The van der Waals surface area contributed by atoms with Gasteiger partial charge in [0.15, 0.2) is 0 Å². The van der Waals surface area contributed by atoms with Crippen molar-refractivity contribution >= 4 is 29.5 Å². The van der Waals surface area contributed by atoms with Crippen LogP contribution in [0.15, 0.2) is 47.5 Å². The average Bonchev–Trinajstić information content (AvgIpc) is 2.55. The summed E-state index contributed by atoms with van der Waals surface area (Å²) in [5, 5.41) is 0.701. The Morgan fingerprint density at radius 1 is 1.22 bits per heavy atom. The summed E-state index contributed by atoms with van der Waals surface area (Å²) < 4.78 is 5.18. The monoisotopic (exact) mass is 329 g/mol. The summed E-state index contributed by atoms with van der Waals surface area (Å²) in [6, 6.07) is 12.8. The molecule has 0 fully saturated rings. The Labute approximate surface area is 142 Å². The van der Waals surface area contributed by atoms with E-state index >= 15 is 0 Å². The van der Waals surface area contributed by atoms with Crippen molar-refractivity contribution in [3.63, 3.8) is 0 Å². The number of carbonyl (C=O) groups is 1. The molecule has 2 rings (SSSR count). The lowest BCUT2D eigenvalue weighted by Crippen LogP contribution is -2.06. The summed E-state index contributed by atoms with van der Waals surface area (Å²) in [5.41, 5.74) is 3.37. The van der Waals surface area contributed by atoms with Crippen LogP contribution < -0.4 is 0 Å². The second-order valence-electron chi connectivity index (χ2n) is 5.30. The van der Waals surface area contributed by atoms with Crippen molar-refractivity contribution in [3.05, 3.63) is 64.2 Å². The molecule has 0 N–H and O–H groups in total. The highest BCUT2D eigenvalue weighted by Gasteiger charge is 2.06. The van der Waals surface area contributed by atoms with Crippen LogP contribution in [0, 0.1) is 6.92 Å². The van der Waals surface area contributed by atoms with Crippen LogP contribution in [0.3, 0.4) is 0 Å². The molecule has 0 amide bonds. The summed E-state index contributed by atoms with van der Waals surface area (Å²) in [5.74, 6) is -0.282. The molecule has 3 nitrogen and oxygen atoms in total. The number of hydrogen-bond acceptors (Lipinski definition) is 3. The normalized spacial score (nSPS) is 10.9. The van der Waals surface area contributed by atoms with Crippen molar-refractivity contribution in [2.24, 2.45) is 4.99 Å². The van der Waals surface area contributed by atoms with Crippen LogP contribution in [0.5, 0.6) is 0 Å². The fourth-order valence-electron chi connectivity index (χ4n) is 2.01. The Kier molecular flexibility index (Phi) is 6.36. The quantitative estimate of drug-likeness (QED) is 0.406. The molecule has 4 heteroatoms. The third-order valence-electron chi connectivity index (χ3n) is 3.39. The highest BCUT2D eigenvalue weighted by Crippen LogP contribution is 2.22. The van der Waals surface area contributed by atoms with Crippen LogP contribution in [0.2, 0.25) is 5.02 Å². The van der Waals surface area contributed by atoms with Gasteiger partial charge in [-0.3, -0.25) is 4.99 Å². The van der Waals surface area contributed by atoms with E-state index in [0.29, 0.717) is 17.2 Å². The number of carbonyl (C=O) groups excluding carboxylic acids is 1. The van der Waals surface area contributed by atoms with E-state index < -0.39 is 0 Å². The third-order valence-corrected chi connectivity index (χ3v) is 3.62. The molecular formula is C19H20ClNO2. The Hall–Kier alpha value is -2.13. The lowest BCUT2D eigenvalue weighted by molar-refractivity contribution is 0.0500.